The van der Waals surface area contributed by atoms with Gasteiger partial charge in [-0.1, -0.05) is 54.3 Å². The number of ketones is 1. The number of methoxy groups -OCH3 is 2. The lowest BCUT2D eigenvalue weighted by Gasteiger charge is -2.23. The first-order chi connectivity index (χ1) is 15.8. The third-order valence-electron chi connectivity index (χ3n) is 5.82. The van der Waals surface area contributed by atoms with Gasteiger partial charge in [0.1, 0.15) is 0 Å². The summed E-state index contributed by atoms with van der Waals surface area (Å²) >= 11 is 0. The maximum Gasteiger partial charge on any atom is 0.323 e. The highest BCUT2D eigenvalue weighted by atomic mass is 16.5. The number of esters is 2. The number of carbonyl (C=O) groups is 3. The van der Waals surface area contributed by atoms with Crippen molar-refractivity contribution in [2.75, 3.05) is 14.2 Å². The Morgan fingerprint density at radius 1 is 0.818 bits per heavy atom. The van der Waals surface area contributed by atoms with Gasteiger partial charge in [-0.05, 0) is 48.8 Å². The van der Waals surface area contributed by atoms with E-state index in [4.69, 9.17) is 9.47 Å². The minimum Gasteiger partial charge on any atom is -0.468 e. The molecule has 2 aromatic carbocycles. The molecular weight excluding hydrogens is 416 g/mol. The zero-order valence-corrected chi connectivity index (χ0v) is 19.2. The van der Waals surface area contributed by atoms with Crippen LogP contribution in [0.5, 0.6) is 0 Å². The second-order valence-electron chi connectivity index (χ2n) is 7.96. The van der Waals surface area contributed by atoms with Crippen LogP contribution in [-0.4, -0.2) is 31.9 Å². The molecule has 1 aliphatic carbocycles. The molecule has 0 spiro atoms. The van der Waals surface area contributed by atoms with Crippen molar-refractivity contribution in [1.82, 2.24) is 0 Å². The zero-order valence-electron chi connectivity index (χ0n) is 19.2. The minimum atomic E-state index is -1.55. The van der Waals surface area contributed by atoms with Crippen molar-refractivity contribution in [3.63, 3.8) is 0 Å². The molecule has 0 amide bonds. The van der Waals surface area contributed by atoms with Gasteiger partial charge in [-0.25, -0.2) is 0 Å². The standard InChI is InChI=1S/C28H26O5/c1-19(16-23-13-9-8-12-22(23)15-14-21-10-6-5-7-11-21)24-17-28(26(30)32-3,27(31)33-4)18-25(24)20(2)29/h5-13,16H,17-18H2,1-4H3/b19-16+. The number of hydrogen-bond donors (Lipinski definition) is 0. The highest BCUT2D eigenvalue weighted by molar-refractivity contribution is 6.06. The summed E-state index contributed by atoms with van der Waals surface area (Å²) in [4.78, 5) is 37.7. The molecule has 0 aromatic heterocycles. The van der Waals surface area contributed by atoms with Crippen LogP contribution in [0, 0.1) is 17.3 Å². The van der Waals surface area contributed by atoms with E-state index >= 15 is 0 Å². The van der Waals surface area contributed by atoms with Crippen LogP contribution in [0.4, 0.5) is 0 Å². The molecule has 0 heterocycles. The first kappa shape index (κ1) is 23.7. The lowest BCUT2D eigenvalue weighted by molar-refractivity contribution is -0.168. The van der Waals surface area contributed by atoms with Gasteiger partial charge in [-0.15, -0.1) is 0 Å². The second-order valence-corrected chi connectivity index (χ2v) is 7.96. The Balaban J connectivity index is 2.03. The van der Waals surface area contributed by atoms with Crippen LogP contribution in [-0.2, 0) is 23.9 Å². The Hall–Kier alpha value is -3.91. The van der Waals surface area contributed by atoms with E-state index in [1.165, 1.54) is 21.1 Å². The van der Waals surface area contributed by atoms with Gasteiger partial charge in [-0.2, -0.15) is 0 Å². The number of allylic oxidation sites excluding steroid dienone is 3. The number of Topliss-reactive ketones (excluding diaryl/α,β-unsaturated/α-hetero) is 1. The Morgan fingerprint density at radius 2 is 1.39 bits per heavy atom. The van der Waals surface area contributed by atoms with E-state index < -0.39 is 17.4 Å². The molecule has 0 atom stereocenters. The highest BCUT2D eigenvalue weighted by Crippen LogP contribution is 2.47. The molecular formula is C28H26O5. The number of carbonyl (C=O) groups excluding carboxylic acids is 3. The molecule has 1 aliphatic rings. The number of hydrogen-bond acceptors (Lipinski definition) is 5. The van der Waals surface area contributed by atoms with Crippen LogP contribution in [0.3, 0.4) is 0 Å². The predicted octanol–water partition coefficient (Wildman–Crippen LogP) is 4.50. The van der Waals surface area contributed by atoms with E-state index in [1.54, 1.807) is 0 Å². The van der Waals surface area contributed by atoms with E-state index in [-0.39, 0.29) is 18.6 Å². The smallest absolute Gasteiger partial charge is 0.323 e. The Kier molecular flexibility index (Phi) is 7.30. The Labute approximate surface area is 194 Å². The molecule has 168 valence electrons. The first-order valence-corrected chi connectivity index (χ1v) is 10.6. The number of ether oxygens (including phenoxy) is 2. The van der Waals surface area contributed by atoms with Gasteiger partial charge in [0.2, 0.25) is 0 Å². The largest absolute Gasteiger partial charge is 0.468 e. The van der Waals surface area contributed by atoms with Crippen molar-refractivity contribution < 1.29 is 23.9 Å². The van der Waals surface area contributed by atoms with Crippen LogP contribution in [0.15, 0.2) is 71.3 Å². The normalized spacial score (nSPS) is 14.8. The van der Waals surface area contributed by atoms with Crippen LogP contribution in [0.25, 0.3) is 6.08 Å². The Bertz CT molecular complexity index is 1190. The van der Waals surface area contributed by atoms with Gasteiger partial charge in [0.15, 0.2) is 11.2 Å². The monoisotopic (exact) mass is 442 g/mol. The molecule has 5 heteroatoms. The molecule has 0 N–H and O–H groups in total. The van der Waals surface area contributed by atoms with E-state index in [0.717, 1.165) is 22.3 Å². The first-order valence-electron chi connectivity index (χ1n) is 10.6. The van der Waals surface area contributed by atoms with Crippen molar-refractivity contribution in [3.8, 4) is 11.8 Å². The molecule has 33 heavy (non-hydrogen) atoms. The summed E-state index contributed by atoms with van der Waals surface area (Å²) < 4.78 is 9.83. The SMILES string of the molecule is COC(=O)C1(C(=O)OC)CC(C(C)=O)=C(/C(C)=C/c2ccccc2C#Cc2ccccc2)C1. The summed E-state index contributed by atoms with van der Waals surface area (Å²) in [5.74, 6) is 4.77. The average Bonchev–Trinajstić information content (AvgIpc) is 3.26. The highest BCUT2D eigenvalue weighted by Gasteiger charge is 2.54. The zero-order chi connectivity index (χ0) is 24.0. The van der Waals surface area contributed by atoms with Crippen molar-refractivity contribution >= 4 is 23.8 Å². The van der Waals surface area contributed by atoms with E-state index in [1.807, 2.05) is 67.6 Å². The van der Waals surface area contributed by atoms with Crippen molar-refractivity contribution in [2.45, 2.75) is 26.7 Å². The molecule has 2 aromatic rings. The van der Waals surface area contributed by atoms with E-state index in [2.05, 4.69) is 11.8 Å². The molecule has 0 bridgehead atoms. The molecule has 3 rings (SSSR count). The lowest BCUT2D eigenvalue weighted by Crippen LogP contribution is -2.39. The third kappa shape index (κ3) is 4.96. The molecule has 0 saturated carbocycles. The summed E-state index contributed by atoms with van der Waals surface area (Å²) in [7, 11) is 2.45. The summed E-state index contributed by atoms with van der Waals surface area (Å²) in [6, 6.07) is 17.4. The summed E-state index contributed by atoms with van der Waals surface area (Å²) in [6.45, 7) is 3.30. The van der Waals surface area contributed by atoms with Gasteiger partial charge in [-0.3, -0.25) is 14.4 Å². The van der Waals surface area contributed by atoms with Crippen molar-refractivity contribution in [1.29, 1.82) is 0 Å². The molecule has 0 radical (unpaired) electrons. The van der Waals surface area contributed by atoms with Gasteiger partial charge in [0.25, 0.3) is 0 Å². The minimum absolute atomic E-state index is 0.0431. The molecule has 5 nitrogen and oxygen atoms in total. The van der Waals surface area contributed by atoms with Crippen LogP contribution < -0.4 is 0 Å². The fourth-order valence-electron chi connectivity index (χ4n) is 4.07. The van der Waals surface area contributed by atoms with Gasteiger partial charge >= 0.3 is 11.9 Å². The van der Waals surface area contributed by atoms with Gasteiger partial charge in [0, 0.05) is 29.5 Å². The topological polar surface area (TPSA) is 69.7 Å². The summed E-state index contributed by atoms with van der Waals surface area (Å²) in [6.07, 6.45) is 1.93. The van der Waals surface area contributed by atoms with Crippen LogP contribution >= 0.6 is 0 Å². The van der Waals surface area contributed by atoms with Crippen LogP contribution in [0.1, 0.15) is 43.4 Å². The molecule has 0 unspecified atom stereocenters. The predicted molar refractivity (Wildman–Crippen MR) is 126 cm³/mol. The summed E-state index contributed by atoms with van der Waals surface area (Å²) in [5.41, 5.74) is 2.94. The quantitative estimate of drug-likeness (QED) is 0.387. The van der Waals surface area contributed by atoms with Crippen molar-refractivity contribution in [2.24, 2.45) is 5.41 Å². The fraction of sp³-hybridized carbons (Fsp3) is 0.250. The fourth-order valence-corrected chi connectivity index (χ4v) is 4.07. The summed E-state index contributed by atoms with van der Waals surface area (Å²) in [5, 5.41) is 0. The Morgan fingerprint density at radius 3 is 2.00 bits per heavy atom. The lowest BCUT2D eigenvalue weighted by atomic mass is 9.83. The number of rotatable bonds is 5. The van der Waals surface area contributed by atoms with Gasteiger partial charge < -0.3 is 9.47 Å². The second kappa shape index (κ2) is 10.1. The van der Waals surface area contributed by atoms with E-state index in [0.29, 0.717) is 11.1 Å². The maximum absolute atomic E-state index is 12.6. The molecule has 0 fully saturated rings. The van der Waals surface area contributed by atoms with Crippen molar-refractivity contribution in [3.05, 3.63) is 88.0 Å². The van der Waals surface area contributed by atoms with Gasteiger partial charge in [0.05, 0.1) is 14.2 Å². The maximum atomic E-state index is 12.6. The number of benzene rings is 2. The molecule has 0 saturated heterocycles. The van der Waals surface area contributed by atoms with Crippen LogP contribution in [0.2, 0.25) is 0 Å². The van der Waals surface area contributed by atoms with E-state index in [9.17, 15) is 14.4 Å². The molecule has 0 aliphatic heterocycles. The third-order valence-corrected chi connectivity index (χ3v) is 5.82. The average molecular weight is 443 g/mol.